The third kappa shape index (κ3) is 5.14. The zero-order valence-electron chi connectivity index (χ0n) is 21.0. The molecule has 2 aromatic carbocycles. The molecule has 5 rings (SSSR count). The minimum absolute atomic E-state index is 0.0312. The van der Waals surface area contributed by atoms with Gasteiger partial charge in [-0.3, -0.25) is 9.78 Å². The molecule has 3 heterocycles. The second-order valence-electron chi connectivity index (χ2n) is 9.47. The topological polar surface area (TPSA) is 70.4 Å². The van der Waals surface area contributed by atoms with Crippen molar-refractivity contribution in [3.8, 4) is 11.3 Å². The predicted octanol–water partition coefficient (Wildman–Crippen LogP) is 7.73. The highest BCUT2D eigenvalue weighted by Gasteiger charge is 2.42. The number of carbonyl (C=O) groups is 1. The standard InChI is InChI=1S/C29H26Cl2N4O2S/c1-16(2)28(36)33-22-10-8-19(14-17(22)3)35-27(26(34-29(35)38)23-6-4-5-13-32-23)25-12-11-24(37-25)20-9-7-18(30)15-21(20)31/h4-16,26-27H,1-3H3,(H,33,36)(H,34,38)/t26-,27-/m1/s1. The molecule has 0 saturated carbocycles. The molecule has 0 radical (unpaired) electrons. The van der Waals surface area contributed by atoms with Crippen molar-refractivity contribution in [3.63, 3.8) is 0 Å². The van der Waals surface area contributed by atoms with Gasteiger partial charge in [-0.1, -0.05) is 43.1 Å². The number of amides is 1. The van der Waals surface area contributed by atoms with Gasteiger partial charge in [-0.05, 0) is 85.4 Å². The molecule has 2 N–H and O–H groups in total. The van der Waals surface area contributed by atoms with Gasteiger partial charge >= 0.3 is 0 Å². The number of aromatic nitrogens is 1. The Labute approximate surface area is 237 Å². The predicted molar refractivity (Wildman–Crippen MR) is 157 cm³/mol. The minimum atomic E-state index is -0.326. The Bertz CT molecular complexity index is 1510. The number of carbonyl (C=O) groups excluding carboxylic acids is 1. The number of thiocarbonyl (C=S) groups is 1. The third-order valence-electron chi connectivity index (χ3n) is 6.48. The van der Waals surface area contributed by atoms with Gasteiger partial charge in [0.25, 0.3) is 0 Å². The molecule has 1 aliphatic rings. The smallest absolute Gasteiger partial charge is 0.226 e. The second-order valence-corrected chi connectivity index (χ2v) is 10.7. The van der Waals surface area contributed by atoms with Crippen molar-refractivity contribution >= 4 is 57.8 Å². The molecular weight excluding hydrogens is 539 g/mol. The first-order valence-corrected chi connectivity index (χ1v) is 13.4. The number of nitrogens with zero attached hydrogens (tertiary/aromatic N) is 2. The van der Waals surface area contributed by atoms with Crippen molar-refractivity contribution in [3.05, 3.63) is 100.0 Å². The molecule has 6 nitrogen and oxygen atoms in total. The Morgan fingerprint density at radius 1 is 1.11 bits per heavy atom. The zero-order valence-corrected chi connectivity index (χ0v) is 23.4. The van der Waals surface area contributed by atoms with E-state index in [1.165, 1.54) is 0 Å². The molecule has 1 aliphatic heterocycles. The molecule has 38 heavy (non-hydrogen) atoms. The van der Waals surface area contributed by atoms with E-state index in [0.29, 0.717) is 26.7 Å². The summed E-state index contributed by atoms with van der Waals surface area (Å²) in [7, 11) is 0. The molecule has 0 bridgehead atoms. The van der Waals surface area contributed by atoms with E-state index in [1.807, 2.05) is 80.3 Å². The van der Waals surface area contributed by atoms with Crippen LogP contribution < -0.4 is 15.5 Å². The molecule has 4 aromatic rings. The van der Waals surface area contributed by atoms with E-state index in [0.717, 1.165) is 28.2 Å². The maximum atomic E-state index is 12.3. The van der Waals surface area contributed by atoms with Crippen LogP contribution in [0.25, 0.3) is 11.3 Å². The first-order valence-electron chi connectivity index (χ1n) is 12.2. The van der Waals surface area contributed by atoms with Crippen molar-refractivity contribution < 1.29 is 9.21 Å². The Hall–Kier alpha value is -3.39. The van der Waals surface area contributed by atoms with E-state index in [2.05, 4.69) is 15.6 Å². The van der Waals surface area contributed by atoms with E-state index in [9.17, 15) is 4.79 Å². The van der Waals surface area contributed by atoms with Crippen LogP contribution in [-0.2, 0) is 4.79 Å². The van der Waals surface area contributed by atoms with Gasteiger partial charge in [0.1, 0.15) is 17.6 Å². The number of rotatable bonds is 6. The first kappa shape index (κ1) is 26.2. The number of aryl methyl sites for hydroxylation is 1. The molecule has 2 aromatic heterocycles. The Morgan fingerprint density at radius 2 is 1.92 bits per heavy atom. The maximum absolute atomic E-state index is 12.3. The number of anilines is 2. The maximum Gasteiger partial charge on any atom is 0.226 e. The van der Waals surface area contributed by atoms with Crippen LogP contribution in [-0.4, -0.2) is 16.0 Å². The van der Waals surface area contributed by atoms with Gasteiger partial charge in [0.15, 0.2) is 5.11 Å². The SMILES string of the molecule is Cc1cc(N2C(=S)N[C@H](c3ccccn3)[C@H]2c2ccc(-c3ccc(Cl)cc3Cl)o2)ccc1NC(=O)C(C)C. The van der Waals surface area contributed by atoms with Gasteiger partial charge < -0.3 is 20.0 Å². The van der Waals surface area contributed by atoms with E-state index in [1.54, 1.807) is 18.3 Å². The number of hydrogen-bond acceptors (Lipinski definition) is 4. The molecular formula is C29H26Cl2N4O2S. The van der Waals surface area contributed by atoms with Crippen molar-refractivity contribution in [1.82, 2.24) is 10.3 Å². The van der Waals surface area contributed by atoms with Crippen LogP contribution in [0.2, 0.25) is 10.0 Å². The molecule has 194 valence electrons. The molecule has 1 fully saturated rings. The molecule has 0 aliphatic carbocycles. The summed E-state index contributed by atoms with van der Waals surface area (Å²) in [6.45, 7) is 5.69. The van der Waals surface area contributed by atoms with Crippen LogP contribution >= 0.6 is 35.4 Å². The van der Waals surface area contributed by atoms with Crippen molar-refractivity contribution in [1.29, 1.82) is 0 Å². The summed E-state index contributed by atoms with van der Waals surface area (Å²) >= 11 is 18.4. The summed E-state index contributed by atoms with van der Waals surface area (Å²) < 4.78 is 6.41. The fourth-order valence-corrected chi connectivity index (χ4v) is 5.33. The van der Waals surface area contributed by atoms with Crippen LogP contribution in [0.4, 0.5) is 11.4 Å². The summed E-state index contributed by atoms with van der Waals surface area (Å²) in [5.74, 6) is 1.18. The van der Waals surface area contributed by atoms with Gasteiger partial charge in [0, 0.05) is 34.1 Å². The van der Waals surface area contributed by atoms with Gasteiger partial charge in [0.05, 0.1) is 16.8 Å². The van der Waals surface area contributed by atoms with E-state index < -0.39 is 0 Å². The lowest BCUT2D eigenvalue weighted by Crippen LogP contribution is -2.29. The monoisotopic (exact) mass is 564 g/mol. The highest BCUT2D eigenvalue weighted by atomic mass is 35.5. The Morgan fingerprint density at radius 3 is 2.61 bits per heavy atom. The van der Waals surface area contributed by atoms with Crippen molar-refractivity contribution in [2.75, 3.05) is 10.2 Å². The third-order valence-corrected chi connectivity index (χ3v) is 7.35. The van der Waals surface area contributed by atoms with Crippen LogP contribution in [0.15, 0.2) is 77.3 Å². The summed E-state index contributed by atoms with van der Waals surface area (Å²) in [6.07, 6.45) is 1.76. The molecule has 9 heteroatoms. The second kappa shape index (κ2) is 10.8. The zero-order chi connectivity index (χ0) is 27.0. The minimum Gasteiger partial charge on any atom is -0.459 e. The van der Waals surface area contributed by atoms with Crippen LogP contribution in [0.5, 0.6) is 0 Å². The summed E-state index contributed by atoms with van der Waals surface area (Å²) in [5, 5.41) is 8.04. The van der Waals surface area contributed by atoms with Crippen molar-refractivity contribution in [2.24, 2.45) is 5.92 Å². The van der Waals surface area contributed by atoms with Crippen LogP contribution in [0.1, 0.15) is 42.9 Å². The van der Waals surface area contributed by atoms with Crippen molar-refractivity contribution in [2.45, 2.75) is 32.9 Å². The summed E-state index contributed by atoms with van der Waals surface area (Å²) in [5.41, 5.74) is 4.14. The van der Waals surface area contributed by atoms with Gasteiger partial charge in [0.2, 0.25) is 5.91 Å². The fraction of sp³-hybridized carbons (Fsp3) is 0.207. The number of halogens is 2. The Kier molecular flexibility index (Phi) is 7.43. The lowest BCUT2D eigenvalue weighted by atomic mass is 10.0. The largest absolute Gasteiger partial charge is 0.459 e. The average molecular weight is 566 g/mol. The first-order chi connectivity index (χ1) is 18.2. The summed E-state index contributed by atoms with van der Waals surface area (Å²) in [6, 6.07) is 20.2. The van der Waals surface area contributed by atoms with E-state index >= 15 is 0 Å². The van der Waals surface area contributed by atoms with E-state index in [-0.39, 0.29) is 23.9 Å². The quantitative estimate of drug-likeness (QED) is 0.233. The molecule has 1 amide bonds. The highest BCUT2D eigenvalue weighted by molar-refractivity contribution is 7.80. The molecule has 2 atom stereocenters. The fourth-order valence-electron chi connectivity index (χ4n) is 4.48. The normalized spacial score (nSPS) is 17.1. The van der Waals surface area contributed by atoms with Gasteiger partial charge in [-0.15, -0.1) is 0 Å². The van der Waals surface area contributed by atoms with Gasteiger partial charge in [-0.2, -0.15) is 0 Å². The lowest BCUT2D eigenvalue weighted by Gasteiger charge is -2.27. The molecule has 0 unspecified atom stereocenters. The lowest BCUT2D eigenvalue weighted by molar-refractivity contribution is -0.118. The van der Waals surface area contributed by atoms with Crippen LogP contribution in [0, 0.1) is 12.8 Å². The van der Waals surface area contributed by atoms with E-state index in [4.69, 9.17) is 39.8 Å². The highest BCUT2D eigenvalue weighted by Crippen LogP contribution is 2.44. The number of nitrogens with one attached hydrogen (secondary N) is 2. The van der Waals surface area contributed by atoms with Gasteiger partial charge in [-0.25, -0.2) is 0 Å². The number of furan rings is 1. The van der Waals surface area contributed by atoms with Crippen LogP contribution in [0.3, 0.4) is 0 Å². The summed E-state index contributed by atoms with van der Waals surface area (Å²) in [4.78, 5) is 18.9. The molecule has 0 spiro atoms. The Balaban J connectivity index is 1.56. The number of benzene rings is 2. The number of hydrogen-bond donors (Lipinski definition) is 2. The average Bonchev–Trinajstić information content (AvgIpc) is 3.50. The number of pyridine rings is 1. The molecule has 1 saturated heterocycles.